The summed E-state index contributed by atoms with van der Waals surface area (Å²) in [5, 5.41) is 17.1. The van der Waals surface area contributed by atoms with Crippen LogP contribution in [0.3, 0.4) is 0 Å². The highest BCUT2D eigenvalue weighted by Crippen LogP contribution is 2.07. The van der Waals surface area contributed by atoms with E-state index in [0.29, 0.717) is 0 Å². The van der Waals surface area contributed by atoms with Gasteiger partial charge in [0, 0.05) is 0 Å². The first-order chi connectivity index (χ1) is 6.63. The molecule has 0 spiro atoms. The van der Waals surface area contributed by atoms with E-state index in [-0.39, 0.29) is 11.1 Å². The number of hydrazine groups is 1. The van der Waals surface area contributed by atoms with Gasteiger partial charge in [0.15, 0.2) is 0 Å². The van der Waals surface area contributed by atoms with Crippen LogP contribution in [0.4, 0.5) is 0 Å². The van der Waals surface area contributed by atoms with Crippen LogP contribution in [-0.4, -0.2) is 22.2 Å². The number of carboxylic acids is 2. The first-order valence-electron chi connectivity index (χ1n) is 3.52. The second-order valence-electron chi connectivity index (χ2n) is 2.16. The van der Waals surface area contributed by atoms with Crippen LogP contribution in [-0.2, 0) is 0 Å². The highest BCUT2D eigenvalue weighted by Gasteiger charge is 2.13. The number of hydrogen-bond acceptors (Lipinski definition) is 4. The fourth-order valence-electron chi connectivity index (χ4n) is 0.856. The monoisotopic (exact) mass is 198 g/mol. The Hall–Kier alpha value is -1.92. The molecule has 0 fully saturated rings. The van der Waals surface area contributed by atoms with Crippen molar-refractivity contribution in [3.8, 4) is 0 Å². The van der Waals surface area contributed by atoms with Crippen LogP contribution in [0.5, 0.6) is 0 Å². The predicted molar refractivity (Wildman–Crippen MR) is 48.7 cm³/mol. The van der Waals surface area contributed by atoms with E-state index in [0.717, 1.165) is 0 Å². The predicted octanol–water partition coefficient (Wildman–Crippen LogP) is -0.0982. The number of hydrogen-bond donors (Lipinski definition) is 4. The summed E-state index contributed by atoms with van der Waals surface area (Å²) in [7, 11) is 0. The molecule has 0 heterocycles. The van der Waals surface area contributed by atoms with E-state index >= 15 is 0 Å². The van der Waals surface area contributed by atoms with Crippen LogP contribution < -0.4 is 11.7 Å². The Balaban J connectivity index is 0.000000791. The SMILES string of the molecule is NN.O=C(O)c1ccccc1C(=O)O. The van der Waals surface area contributed by atoms with Crippen LogP contribution in [0.2, 0.25) is 0 Å². The number of carbonyl (C=O) groups is 2. The Morgan fingerprint density at radius 2 is 1.21 bits per heavy atom. The smallest absolute Gasteiger partial charge is 0.336 e. The zero-order valence-electron chi connectivity index (χ0n) is 7.18. The van der Waals surface area contributed by atoms with Crippen molar-refractivity contribution in [2.45, 2.75) is 0 Å². The molecule has 0 amide bonds. The Bertz CT molecular complexity index is 305. The highest BCUT2D eigenvalue weighted by molar-refractivity contribution is 6.01. The molecule has 1 rings (SSSR count). The van der Waals surface area contributed by atoms with Crippen molar-refractivity contribution in [2.75, 3.05) is 0 Å². The fourth-order valence-corrected chi connectivity index (χ4v) is 0.856. The van der Waals surface area contributed by atoms with Gasteiger partial charge >= 0.3 is 11.9 Å². The third-order valence-electron chi connectivity index (χ3n) is 1.39. The Kier molecular flexibility index (Phi) is 4.90. The molecule has 6 heteroatoms. The quantitative estimate of drug-likeness (QED) is 0.388. The molecule has 1 aromatic carbocycles. The maximum atomic E-state index is 10.5. The van der Waals surface area contributed by atoms with Crippen molar-refractivity contribution in [1.29, 1.82) is 0 Å². The molecule has 76 valence electrons. The van der Waals surface area contributed by atoms with Gasteiger partial charge in [0.05, 0.1) is 11.1 Å². The summed E-state index contributed by atoms with van der Waals surface area (Å²) in [5.41, 5.74) is -0.380. The zero-order chi connectivity index (χ0) is 11.1. The molecule has 0 atom stereocenters. The number of carboxylic acid groups (broad SMARTS) is 2. The average molecular weight is 198 g/mol. The average Bonchev–Trinajstić information content (AvgIpc) is 2.20. The summed E-state index contributed by atoms with van der Waals surface area (Å²) in [5.74, 6) is 5.54. The van der Waals surface area contributed by atoms with Gasteiger partial charge in [-0.15, -0.1) is 0 Å². The molecule has 0 unspecified atom stereocenters. The summed E-state index contributed by atoms with van der Waals surface area (Å²) < 4.78 is 0. The lowest BCUT2D eigenvalue weighted by Gasteiger charge is -1.98. The molecule has 1 aromatic rings. The van der Waals surface area contributed by atoms with Crippen molar-refractivity contribution in [1.82, 2.24) is 0 Å². The standard InChI is InChI=1S/C8H6O4.H4N2/c9-7(10)5-3-1-2-4-6(5)8(11)12;1-2/h1-4H,(H,9,10)(H,11,12);1-2H2. The third kappa shape index (κ3) is 2.85. The summed E-state index contributed by atoms with van der Waals surface area (Å²) in [4.78, 5) is 20.9. The normalized spacial score (nSPS) is 8.43. The van der Waals surface area contributed by atoms with Crippen LogP contribution >= 0.6 is 0 Å². The number of rotatable bonds is 2. The first kappa shape index (κ1) is 12.1. The Labute approximate surface area is 79.7 Å². The maximum absolute atomic E-state index is 10.5. The van der Waals surface area contributed by atoms with E-state index in [1.54, 1.807) is 0 Å². The van der Waals surface area contributed by atoms with Crippen molar-refractivity contribution in [3.05, 3.63) is 35.4 Å². The van der Waals surface area contributed by atoms with E-state index in [2.05, 4.69) is 11.7 Å². The van der Waals surface area contributed by atoms with E-state index in [1.165, 1.54) is 24.3 Å². The first-order valence-corrected chi connectivity index (χ1v) is 3.52. The fraction of sp³-hybridized carbons (Fsp3) is 0. The topological polar surface area (TPSA) is 127 Å². The van der Waals surface area contributed by atoms with Crippen molar-refractivity contribution >= 4 is 11.9 Å². The lowest BCUT2D eigenvalue weighted by Crippen LogP contribution is -2.06. The van der Waals surface area contributed by atoms with Crippen LogP contribution in [0.15, 0.2) is 24.3 Å². The van der Waals surface area contributed by atoms with Gasteiger partial charge in [-0.05, 0) is 12.1 Å². The molecule has 6 nitrogen and oxygen atoms in total. The second kappa shape index (κ2) is 5.68. The third-order valence-corrected chi connectivity index (χ3v) is 1.39. The molecule has 0 aromatic heterocycles. The molecule has 14 heavy (non-hydrogen) atoms. The van der Waals surface area contributed by atoms with Crippen LogP contribution in [0.25, 0.3) is 0 Å². The summed E-state index contributed by atoms with van der Waals surface area (Å²) in [6.45, 7) is 0. The Morgan fingerprint density at radius 1 is 0.929 bits per heavy atom. The lowest BCUT2D eigenvalue weighted by molar-refractivity contribution is 0.0651. The van der Waals surface area contributed by atoms with Gasteiger partial charge in [-0.1, -0.05) is 12.1 Å². The molecular weight excluding hydrogens is 188 g/mol. The van der Waals surface area contributed by atoms with Gasteiger partial charge in [-0.2, -0.15) is 0 Å². The van der Waals surface area contributed by atoms with Gasteiger partial charge < -0.3 is 10.2 Å². The molecule has 0 saturated heterocycles. The molecule has 0 radical (unpaired) electrons. The van der Waals surface area contributed by atoms with Crippen molar-refractivity contribution < 1.29 is 19.8 Å². The summed E-state index contributed by atoms with van der Waals surface area (Å²) in [6, 6.07) is 5.48. The molecular formula is C8H10N2O4. The molecule has 0 aliphatic rings. The minimum atomic E-state index is -1.23. The zero-order valence-corrected chi connectivity index (χ0v) is 7.18. The minimum Gasteiger partial charge on any atom is -0.478 e. The van der Waals surface area contributed by atoms with Crippen molar-refractivity contribution in [3.63, 3.8) is 0 Å². The van der Waals surface area contributed by atoms with E-state index in [9.17, 15) is 9.59 Å². The minimum absolute atomic E-state index is 0.190. The molecule has 0 saturated carbocycles. The number of nitrogens with two attached hydrogens (primary N) is 2. The lowest BCUT2D eigenvalue weighted by atomic mass is 10.1. The Morgan fingerprint density at radius 3 is 1.43 bits per heavy atom. The van der Waals surface area contributed by atoms with E-state index < -0.39 is 11.9 Å². The van der Waals surface area contributed by atoms with Gasteiger partial charge in [0.1, 0.15) is 0 Å². The van der Waals surface area contributed by atoms with Crippen LogP contribution in [0, 0.1) is 0 Å². The maximum Gasteiger partial charge on any atom is 0.336 e. The van der Waals surface area contributed by atoms with Gasteiger partial charge in [0.2, 0.25) is 0 Å². The highest BCUT2D eigenvalue weighted by atomic mass is 16.4. The summed E-state index contributed by atoms with van der Waals surface area (Å²) >= 11 is 0. The molecule has 0 aliphatic heterocycles. The summed E-state index contributed by atoms with van der Waals surface area (Å²) in [6.07, 6.45) is 0. The van der Waals surface area contributed by atoms with Gasteiger partial charge in [-0.25, -0.2) is 9.59 Å². The molecule has 0 bridgehead atoms. The second-order valence-corrected chi connectivity index (χ2v) is 2.16. The number of aromatic carboxylic acids is 2. The van der Waals surface area contributed by atoms with Crippen LogP contribution in [0.1, 0.15) is 20.7 Å². The molecule has 0 aliphatic carbocycles. The van der Waals surface area contributed by atoms with Gasteiger partial charge in [0.25, 0.3) is 0 Å². The largest absolute Gasteiger partial charge is 0.478 e. The van der Waals surface area contributed by atoms with Gasteiger partial charge in [-0.3, -0.25) is 11.7 Å². The molecule has 6 N–H and O–H groups in total. The van der Waals surface area contributed by atoms with E-state index in [4.69, 9.17) is 10.2 Å². The van der Waals surface area contributed by atoms with Crippen molar-refractivity contribution in [2.24, 2.45) is 11.7 Å². The van der Waals surface area contributed by atoms with E-state index in [1.807, 2.05) is 0 Å². The number of benzene rings is 1.